The van der Waals surface area contributed by atoms with E-state index in [0.29, 0.717) is 38.0 Å². The first-order valence-electron chi connectivity index (χ1n) is 8.44. The van der Waals surface area contributed by atoms with Crippen molar-refractivity contribution in [3.8, 4) is 0 Å². The Morgan fingerprint density at radius 1 is 1.20 bits per heavy atom. The summed E-state index contributed by atoms with van der Waals surface area (Å²) in [7, 11) is 1.41. The number of ether oxygens (including phenoxy) is 2. The van der Waals surface area contributed by atoms with E-state index < -0.39 is 5.41 Å². The van der Waals surface area contributed by atoms with Crippen LogP contribution in [-0.4, -0.2) is 32.1 Å². The third kappa shape index (κ3) is 3.83. The average Bonchev–Trinajstić information content (AvgIpc) is 3.21. The molecule has 0 amide bonds. The van der Waals surface area contributed by atoms with Crippen molar-refractivity contribution in [2.45, 2.75) is 25.2 Å². The Bertz CT molecular complexity index is 703. The van der Waals surface area contributed by atoms with Gasteiger partial charge in [0.15, 0.2) is 5.78 Å². The molecule has 1 aromatic heterocycles. The fourth-order valence-corrected chi connectivity index (χ4v) is 4.16. The average molecular weight is 358 g/mol. The highest BCUT2D eigenvalue weighted by Gasteiger charge is 2.44. The van der Waals surface area contributed by atoms with Gasteiger partial charge in [0.05, 0.1) is 12.5 Å². The molecule has 0 N–H and O–H groups in total. The van der Waals surface area contributed by atoms with E-state index in [0.717, 1.165) is 5.56 Å². The zero-order valence-corrected chi connectivity index (χ0v) is 15.1. The standard InChI is InChI=1S/C20H22O4S/c1-23-19(22)20(8-10-24-11-9-20)13-17(15-5-3-2-4-6-15)18(21)16-7-12-25-14-16/h2-7,12,14,17H,8-11,13H2,1H3. The summed E-state index contributed by atoms with van der Waals surface area (Å²) in [6.45, 7) is 1.03. The lowest BCUT2D eigenvalue weighted by molar-refractivity contribution is -0.159. The third-order valence-corrected chi connectivity index (χ3v) is 5.67. The second-order valence-corrected chi connectivity index (χ2v) is 7.21. The van der Waals surface area contributed by atoms with Crippen LogP contribution in [-0.2, 0) is 14.3 Å². The number of carbonyl (C=O) groups is 2. The molecular formula is C20H22O4S. The van der Waals surface area contributed by atoms with Crippen LogP contribution in [0.1, 0.15) is 41.1 Å². The number of hydrogen-bond donors (Lipinski definition) is 0. The van der Waals surface area contributed by atoms with E-state index in [9.17, 15) is 9.59 Å². The van der Waals surface area contributed by atoms with Crippen LogP contribution in [0, 0.1) is 5.41 Å². The van der Waals surface area contributed by atoms with Gasteiger partial charge < -0.3 is 9.47 Å². The molecule has 0 spiro atoms. The molecular weight excluding hydrogens is 336 g/mol. The van der Waals surface area contributed by atoms with E-state index in [1.807, 2.05) is 47.2 Å². The van der Waals surface area contributed by atoms with Crippen LogP contribution >= 0.6 is 11.3 Å². The molecule has 1 unspecified atom stereocenters. The number of hydrogen-bond acceptors (Lipinski definition) is 5. The quantitative estimate of drug-likeness (QED) is 0.577. The van der Waals surface area contributed by atoms with Crippen molar-refractivity contribution in [1.82, 2.24) is 0 Å². The van der Waals surface area contributed by atoms with Crippen molar-refractivity contribution >= 4 is 23.1 Å². The number of benzene rings is 1. The SMILES string of the molecule is COC(=O)C1(CC(C(=O)c2ccsc2)c2ccccc2)CCOCC1. The zero-order chi connectivity index (χ0) is 17.7. The van der Waals surface area contributed by atoms with Crippen LogP contribution in [0.15, 0.2) is 47.2 Å². The molecule has 0 bridgehead atoms. The predicted molar refractivity (Wildman–Crippen MR) is 97.0 cm³/mol. The molecule has 2 heterocycles. The molecule has 25 heavy (non-hydrogen) atoms. The van der Waals surface area contributed by atoms with Gasteiger partial charge in [-0.2, -0.15) is 11.3 Å². The maximum absolute atomic E-state index is 13.2. The molecule has 1 aromatic carbocycles. The Kier molecular flexibility index (Phi) is 5.66. The summed E-state index contributed by atoms with van der Waals surface area (Å²) in [5.74, 6) is -0.551. The Morgan fingerprint density at radius 3 is 2.52 bits per heavy atom. The van der Waals surface area contributed by atoms with E-state index in [4.69, 9.17) is 9.47 Å². The summed E-state index contributed by atoms with van der Waals surface area (Å²) in [5.41, 5.74) is 0.971. The second-order valence-electron chi connectivity index (χ2n) is 6.43. The van der Waals surface area contributed by atoms with Gasteiger partial charge in [-0.05, 0) is 36.3 Å². The minimum atomic E-state index is -0.667. The molecule has 1 fully saturated rings. The molecule has 3 rings (SSSR count). The summed E-state index contributed by atoms with van der Waals surface area (Å²) in [5, 5.41) is 3.77. The highest BCUT2D eigenvalue weighted by molar-refractivity contribution is 7.08. The molecule has 0 radical (unpaired) electrons. The number of ketones is 1. The van der Waals surface area contributed by atoms with E-state index in [-0.39, 0.29) is 17.7 Å². The first-order valence-corrected chi connectivity index (χ1v) is 9.38. The van der Waals surface area contributed by atoms with Gasteiger partial charge in [0.1, 0.15) is 0 Å². The molecule has 1 atom stereocenters. The van der Waals surface area contributed by atoms with Crippen LogP contribution in [0.5, 0.6) is 0 Å². The Morgan fingerprint density at radius 2 is 1.92 bits per heavy atom. The van der Waals surface area contributed by atoms with E-state index in [1.54, 1.807) is 0 Å². The number of thiophene rings is 1. The molecule has 0 saturated carbocycles. The van der Waals surface area contributed by atoms with E-state index in [2.05, 4.69) is 0 Å². The van der Waals surface area contributed by atoms with E-state index in [1.165, 1.54) is 18.4 Å². The second kappa shape index (κ2) is 7.93. The van der Waals surface area contributed by atoms with Gasteiger partial charge in [0, 0.05) is 30.1 Å². The van der Waals surface area contributed by atoms with Gasteiger partial charge >= 0.3 is 5.97 Å². The largest absolute Gasteiger partial charge is 0.469 e. The lowest BCUT2D eigenvalue weighted by Gasteiger charge is -2.36. The lowest BCUT2D eigenvalue weighted by atomic mass is 9.70. The lowest BCUT2D eigenvalue weighted by Crippen LogP contribution is -2.40. The summed E-state index contributed by atoms with van der Waals surface area (Å²) < 4.78 is 10.5. The van der Waals surface area contributed by atoms with Crippen LogP contribution in [0.4, 0.5) is 0 Å². The Balaban J connectivity index is 1.96. The third-order valence-electron chi connectivity index (χ3n) is 4.99. The summed E-state index contributed by atoms with van der Waals surface area (Å²) in [6, 6.07) is 11.5. The molecule has 132 valence electrons. The van der Waals surface area contributed by atoms with Gasteiger partial charge in [-0.25, -0.2) is 0 Å². The summed E-state index contributed by atoms with van der Waals surface area (Å²) in [4.78, 5) is 25.7. The minimum absolute atomic E-state index is 0.0576. The van der Waals surface area contributed by atoms with Crippen LogP contribution < -0.4 is 0 Å². The molecule has 0 aliphatic carbocycles. The number of methoxy groups -OCH3 is 1. The van der Waals surface area contributed by atoms with Crippen molar-refractivity contribution in [2.24, 2.45) is 5.41 Å². The molecule has 4 nitrogen and oxygen atoms in total. The van der Waals surface area contributed by atoms with Gasteiger partial charge in [0.2, 0.25) is 0 Å². The van der Waals surface area contributed by atoms with Crippen molar-refractivity contribution in [3.05, 3.63) is 58.3 Å². The first-order chi connectivity index (χ1) is 12.2. The van der Waals surface area contributed by atoms with Crippen LogP contribution in [0.25, 0.3) is 0 Å². The Hall–Kier alpha value is -1.98. The highest BCUT2D eigenvalue weighted by atomic mass is 32.1. The molecule has 2 aromatic rings. The van der Waals surface area contributed by atoms with Crippen molar-refractivity contribution in [3.63, 3.8) is 0 Å². The molecule has 1 aliphatic rings. The minimum Gasteiger partial charge on any atom is -0.469 e. The van der Waals surface area contributed by atoms with Gasteiger partial charge in [-0.3, -0.25) is 9.59 Å². The van der Waals surface area contributed by atoms with Crippen LogP contribution in [0.3, 0.4) is 0 Å². The normalized spacial score (nSPS) is 17.6. The van der Waals surface area contributed by atoms with Crippen molar-refractivity contribution in [2.75, 3.05) is 20.3 Å². The number of rotatable bonds is 6. The topological polar surface area (TPSA) is 52.6 Å². The predicted octanol–water partition coefficient (Wildman–Crippen LogP) is 4.07. The zero-order valence-electron chi connectivity index (χ0n) is 14.3. The Labute approximate surface area is 151 Å². The maximum atomic E-state index is 13.2. The number of esters is 1. The van der Waals surface area contributed by atoms with Gasteiger partial charge in [-0.15, -0.1) is 0 Å². The van der Waals surface area contributed by atoms with E-state index >= 15 is 0 Å². The molecule has 1 aliphatic heterocycles. The van der Waals surface area contributed by atoms with Gasteiger partial charge in [-0.1, -0.05) is 30.3 Å². The first kappa shape index (κ1) is 17.8. The maximum Gasteiger partial charge on any atom is 0.312 e. The van der Waals surface area contributed by atoms with Crippen LogP contribution in [0.2, 0.25) is 0 Å². The monoisotopic (exact) mass is 358 g/mol. The summed E-state index contributed by atoms with van der Waals surface area (Å²) >= 11 is 1.50. The highest BCUT2D eigenvalue weighted by Crippen LogP contribution is 2.42. The number of carbonyl (C=O) groups excluding carboxylic acids is 2. The molecule has 1 saturated heterocycles. The molecule has 5 heteroatoms. The summed E-state index contributed by atoms with van der Waals surface area (Å²) in [6.07, 6.45) is 1.61. The van der Waals surface area contributed by atoms with Crippen molar-refractivity contribution in [1.29, 1.82) is 0 Å². The van der Waals surface area contributed by atoms with Crippen molar-refractivity contribution < 1.29 is 19.1 Å². The fraction of sp³-hybridized carbons (Fsp3) is 0.400. The smallest absolute Gasteiger partial charge is 0.312 e. The fourth-order valence-electron chi connectivity index (χ4n) is 3.51. The number of Topliss-reactive ketones (excluding diaryl/α,β-unsaturated/α-hetero) is 1. The van der Waals surface area contributed by atoms with Gasteiger partial charge in [0.25, 0.3) is 0 Å².